The molecule has 1 heterocycles. The molecule has 0 radical (unpaired) electrons. The summed E-state index contributed by atoms with van der Waals surface area (Å²) in [5.41, 5.74) is 3.34. The lowest BCUT2D eigenvalue weighted by atomic mass is 9.87. The summed E-state index contributed by atoms with van der Waals surface area (Å²) >= 11 is 0. The smallest absolute Gasteiger partial charge is 0.160 e. The van der Waals surface area contributed by atoms with Crippen LogP contribution in [-0.4, -0.2) is 69.0 Å². The third-order valence-corrected chi connectivity index (χ3v) is 7.26. The summed E-state index contributed by atoms with van der Waals surface area (Å²) in [6.07, 6.45) is 7.75. The first-order valence-corrected chi connectivity index (χ1v) is 12.6. The Kier molecular flexibility index (Phi) is 14.9. The number of aromatic hydroxyl groups is 3. The number of nitrogens with zero attached hydrogens (tertiary/aromatic N) is 3. The van der Waals surface area contributed by atoms with Crippen molar-refractivity contribution in [2.75, 3.05) is 32.7 Å². The molecule has 0 bridgehead atoms. The summed E-state index contributed by atoms with van der Waals surface area (Å²) < 4.78 is 0. The van der Waals surface area contributed by atoms with E-state index in [1.54, 1.807) is 18.2 Å². The second-order valence-corrected chi connectivity index (χ2v) is 9.59. The molecule has 1 atom stereocenters. The van der Waals surface area contributed by atoms with Gasteiger partial charge in [-0.05, 0) is 55.0 Å². The molecule has 1 unspecified atom stereocenters. The number of piperazine rings is 1. The van der Waals surface area contributed by atoms with Crippen molar-refractivity contribution in [3.05, 3.63) is 53.1 Å². The van der Waals surface area contributed by atoms with Crippen LogP contribution in [0.3, 0.4) is 0 Å². The minimum absolute atomic E-state index is 0. The van der Waals surface area contributed by atoms with Gasteiger partial charge in [-0.2, -0.15) is 0 Å². The highest BCUT2D eigenvalue weighted by molar-refractivity contribution is 8.93. The van der Waals surface area contributed by atoms with Gasteiger partial charge in [0, 0.05) is 50.9 Å². The zero-order valence-electron chi connectivity index (χ0n) is 21.1. The minimum atomic E-state index is -0.00614. The number of unbranched alkanes of at least 4 members (excludes halogenated alkanes) is 3. The quantitative estimate of drug-likeness (QED) is 0.221. The number of fused-ring (bicyclic) bond motifs is 1. The highest BCUT2D eigenvalue weighted by Gasteiger charge is 2.31. The number of rotatable bonds is 9. The van der Waals surface area contributed by atoms with E-state index in [0.717, 1.165) is 64.1 Å². The van der Waals surface area contributed by atoms with Crippen LogP contribution in [0.2, 0.25) is 0 Å². The number of halogens is 3. The van der Waals surface area contributed by atoms with Crippen molar-refractivity contribution < 1.29 is 15.3 Å². The van der Waals surface area contributed by atoms with Crippen LogP contribution in [0.15, 0.2) is 36.4 Å². The summed E-state index contributed by atoms with van der Waals surface area (Å²) in [5, 5.41) is 34.9. The lowest BCUT2D eigenvalue weighted by molar-refractivity contribution is -0.0915. The highest BCUT2D eigenvalue weighted by Crippen LogP contribution is 2.37. The van der Waals surface area contributed by atoms with Crippen LogP contribution in [0.4, 0.5) is 0 Å². The molecule has 1 aliphatic carbocycles. The average Bonchev–Trinajstić information content (AvgIpc) is 2.83. The number of hydrogen-bond acceptors (Lipinski definition) is 6. The normalized spacial score (nSPS) is 18.0. The van der Waals surface area contributed by atoms with Crippen LogP contribution in [0, 0.1) is 0 Å². The summed E-state index contributed by atoms with van der Waals surface area (Å²) in [6, 6.07) is 11.6. The Hall–Kier alpha value is -0.840. The molecule has 1 fully saturated rings. The van der Waals surface area contributed by atoms with E-state index in [-0.39, 0.29) is 62.4 Å². The summed E-state index contributed by atoms with van der Waals surface area (Å²) in [7, 11) is 0. The van der Waals surface area contributed by atoms with Gasteiger partial charge in [-0.1, -0.05) is 44.4 Å². The van der Waals surface area contributed by atoms with E-state index < -0.39 is 0 Å². The van der Waals surface area contributed by atoms with Crippen LogP contribution in [0.25, 0.3) is 0 Å². The van der Waals surface area contributed by atoms with E-state index in [4.69, 9.17) is 0 Å². The second-order valence-electron chi connectivity index (χ2n) is 9.59. The van der Waals surface area contributed by atoms with Gasteiger partial charge in [0.15, 0.2) is 11.5 Å². The van der Waals surface area contributed by atoms with Gasteiger partial charge in [0.1, 0.15) is 5.75 Å². The number of phenolic OH excluding ortho intramolecular Hbond substituents is 3. The van der Waals surface area contributed by atoms with E-state index in [9.17, 15) is 15.3 Å². The molecule has 2 aromatic carbocycles. The topological polar surface area (TPSA) is 70.4 Å². The van der Waals surface area contributed by atoms with E-state index in [0.29, 0.717) is 11.8 Å². The first kappa shape index (κ1) is 33.2. The van der Waals surface area contributed by atoms with Gasteiger partial charge >= 0.3 is 0 Å². The van der Waals surface area contributed by atoms with Gasteiger partial charge in [0.25, 0.3) is 0 Å². The van der Waals surface area contributed by atoms with Gasteiger partial charge < -0.3 is 15.3 Å². The van der Waals surface area contributed by atoms with Crippen molar-refractivity contribution in [2.45, 2.75) is 64.5 Å². The van der Waals surface area contributed by atoms with Crippen LogP contribution in [0.1, 0.15) is 55.7 Å². The Morgan fingerprint density at radius 2 is 1.56 bits per heavy atom. The van der Waals surface area contributed by atoms with Crippen molar-refractivity contribution in [3.8, 4) is 17.2 Å². The van der Waals surface area contributed by atoms with Gasteiger partial charge in [0.05, 0.1) is 0 Å². The van der Waals surface area contributed by atoms with Crippen LogP contribution in [-0.2, 0) is 19.4 Å². The van der Waals surface area contributed by atoms with E-state index in [1.165, 1.54) is 36.8 Å². The Balaban J connectivity index is 0.00000216. The van der Waals surface area contributed by atoms with Crippen molar-refractivity contribution in [1.82, 2.24) is 14.9 Å². The van der Waals surface area contributed by atoms with Gasteiger partial charge in [-0.3, -0.25) is 4.90 Å². The Morgan fingerprint density at radius 1 is 0.861 bits per heavy atom. The molecule has 204 valence electrons. The molecule has 4 rings (SSSR count). The zero-order valence-corrected chi connectivity index (χ0v) is 26.3. The summed E-state index contributed by atoms with van der Waals surface area (Å²) in [5.74, 6) is 0.386. The Bertz CT molecular complexity index is 909. The second kappa shape index (κ2) is 16.2. The molecule has 0 aromatic heterocycles. The Morgan fingerprint density at radius 3 is 2.22 bits per heavy atom. The monoisotopic (exact) mass is 693 g/mol. The molecule has 2 aliphatic rings. The molecule has 3 N–H and O–H groups in total. The number of hydrazine groups is 1. The molecule has 2 aromatic rings. The van der Waals surface area contributed by atoms with Gasteiger partial charge in [0.2, 0.25) is 0 Å². The first-order chi connectivity index (χ1) is 16.0. The van der Waals surface area contributed by atoms with E-state index >= 15 is 0 Å². The molecule has 36 heavy (non-hydrogen) atoms. The minimum Gasteiger partial charge on any atom is -0.508 e. The molecule has 0 spiro atoms. The highest BCUT2D eigenvalue weighted by atomic mass is 79.9. The maximum atomic E-state index is 10.3. The number of benzene rings is 2. The Labute approximate surface area is 247 Å². The largest absolute Gasteiger partial charge is 0.508 e. The lowest BCUT2D eigenvalue weighted by Crippen LogP contribution is -2.57. The fraction of sp³-hybridized carbons (Fsp3) is 0.556. The maximum absolute atomic E-state index is 10.3. The SMILES string of the molecule is Br.Br.Br.CCCCCCN(C1CCc2c(ccc(O)c2O)C1)N1CCN(Cc2ccc(O)cc2)CC1. The van der Waals surface area contributed by atoms with Crippen molar-refractivity contribution >= 4 is 50.9 Å². The van der Waals surface area contributed by atoms with E-state index in [2.05, 4.69) is 21.8 Å². The van der Waals surface area contributed by atoms with Crippen LogP contribution < -0.4 is 0 Å². The first-order valence-electron chi connectivity index (χ1n) is 12.6. The zero-order chi connectivity index (χ0) is 23.2. The fourth-order valence-electron chi connectivity index (χ4n) is 5.32. The van der Waals surface area contributed by atoms with Crippen molar-refractivity contribution in [3.63, 3.8) is 0 Å². The lowest BCUT2D eigenvalue weighted by Gasteiger charge is -2.46. The van der Waals surface area contributed by atoms with Crippen LogP contribution in [0.5, 0.6) is 17.2 Å². The predicted molar refractivity (Wildman–Crippen MR) is 162 cm³/mol. The summed E-state index contributed by atoms with van der Waals surface area (Å²) in [6.45, 7) is 8.37. The standard InChI is InChI=1S/C27H39N3O3.3BrH/c1-2-3-4-5-14-30(23-9-12-25-22(19-23)8-13-26(32)27(25)33)29-17-15-28(16-18-29)20-21-6-10-24(31)11-7-21;;;/h6-8,10-11,13,23,31-33H,2-5,9,12,14-20H2,1H3;3*1H. The molecule has 0 amide bonds. The average molecular weight is 696 g/mol. The molecular weight excluding hydrogens is 654 g/mol. The van der Waals surface area contributed by atoms with Gasteiger partial charge in [-0.15, -0.1) is 50.9 Å². The molecular formula is C27H42Br3N3O3. The number of hydrogen-bond donors (Lipinski definition) is 3. The van der Waals surface area contributed by atoms with E-state index in [1.807, 2.05) is 18.2 Å². The van der Waals surface area contributed by atoms with Crippen LogP contribution >= 0.6 is 50.9 Å². The molecule has 1 saturated heterocycles. The molecule has 0 saturated carbocycles. The summed E-state index contributed by atoms with van der Waals surface area (Å²) in [4.78, 5) is 2.50. The van der Waals surface area contributed by atoms with Crippen molar-refractivity contribution in [1.29, 1.82) is 0 Å². The molecule has 6 nitrogen and oxygen atoms in total. The third kappa shape index (κ3) is 8.60. The predicted octanol–water partition coefficient (Wildman–Crippen LogP) is 6.01. The van der Waals surface area contributed by atoms with Crippen molar-refractivity contribution in [2.24, 2.45) is 0 Å². The van der Waals surface area contributed by atoms with Gasteiger partial charge in [-0.25, -0.2) is 10.0 Å². The fourth-order valence-corrected chi connectivity index (χ4v) is 5.32. The molecule has 9 heteroatoms. The maximum Gasteiger partial charge on any atom is 0.160 e. The number of phenols is 3. The molecule has 1 aliphatic heterocycles. The third-order valence-electron chi connectivity index (χ3n) is 7.26.